The number of aryl methyl sites for hydroxylation is 1. The van der Waals surface area contributed by atoms with Crippen molar-refractivity contribution in [3.05, 3.63) is 59.2 Å². The Morgan fingerprint density at radius 3 is 2.68 bits per heavy atom. The van der Waals surface area contributed by atoms with Gasteiger partial charge in [0.05, 0.1) is 43.0 Å². The average Bonchev–Trinajstić information content (AvgIpc) is 3.28. The summed E-state index contributed by atoms with van der Waals surface area (Å²) in [6, 6.07) is 12.5. The molecule has 0 saturated carbocycles. The van der Waals surface area contributed by atoms with E-state index in [-0.39, 0.29) is 24.3 Å². The Morgan fingerprint density at radius 2 is 1.94 bits per heavy atom. The Morgan fingerprint density at radius 1 is 1.18 bits per heavy atom. The van der Waals surface area contributed by atoms with Crippen molar-refractivity contribution in [1.29, 1.82) is 0 Å². The molecule has 1 N–H and O–H groups in total. The van der Waals surface area contributed by atoms with Crippen LogP contribution < -0.4 is 9.64 Å². The van der Waals surface area contributed by atoms with E-state index in [0.717, 1.165) is 24.0 Å². The number of carbonyl (C=O) groups is 2. The number of amides is 2. The summed E-state index contributed by atoms with van der Waals surface area (Å²) < 4.78 is 11.6. The molecule has 2 amide bonds. The monoisotopic (exact) mass is 466 g/mol. The van der Waals surface area contributed by atoms with Gasteiger partial charge in [-0.3, -0.25) is 14.5 Å². The molecule has 2 aromatic rings. The maximum atomic E-state index is 13.5. The van der Waals surface area contributed by atoms with Crippen LogP contribution in [0.2, 0.25) is 0 Å². The summed E-state index contributed by atoms with van der Waals surface area (Å²) in [7, 11) is 0. The fourth-order valence-corrected chi connectivity index (χ4v) is 4.72. The van der Waals surface area contributed by atoms with Crippen molar-refractivity contribution in [2.75, 3.05) is 24.7 Å². The number of rotatable bonds is 8. The van der Waals surface area contributed by atoms with Crippen LogP contribution in [-0.2, 0) is 16.0 Å². The van der Waals surface area contributed by atoms with Crippen molar-refractivity contribution in [2.24, 2.45) is 0 Å². The molecule has 182 valence electrons. The quantitative estimate of drug-likeness (QED) is 0.600. The molecule has 1 unspecified atom stereocenters. The van der Waals surface area contributed by atoms with E-state index in [1.54, 1.807) is 17.0 Å². The largest absolute Gasteiger partial charge is 0.493 e. The van der Waals surface area contributed by atoms with Gasteiger partial charge < -0.3 is 19.5 Å². The number of nitrogens with zero attached hydrogens (tertiary/aromatic N) is 2. The Kier molecular flexibility index (Phi) is 7.54. The minimum Gasteiger partial charge on any atom is -0.493 e. The number of benzene rings is 2. The van der Waals surface area contributed by atoms with Crippen LogP contribution in [-0.4, -0.2) is 60.0 Å². The van der Waals surface area contributed by atoms with Crippen molar-refractivity contribution in [3.8, 4) is 5.75 Å². The molecule has 2 heterocycles. The highest BCUT2D eigenvalue weighted by molar-refractivity contribution is 6.07. The summed E-state index contributed by atoms with van der Waals surface area (Å²) in [5.41, 5.74) is 2.51. The van der Waals surface area contributed by atoms with Crippen molar-refractivity contribution in [3.63, 3.8) is 0 Å². The van der Waals surface area contributed by atoms with E-state index < -0.39 is 12.3 Å². The zero-order chi connectivity index (χ0) is 24.2. The maximum Gasteiger partial charge on any atom is 0.256 e. The SMILES string of the molecule is Cc1cc2c(cc1OCCCOC(C)C)N(C(=O)Cc1ccccc1)C(O)[C@@H]1CCCN1C2=O. The highest BCUT2D eigenvalue weighted by atomic mass is 16.5. The van der Waals surface area contributed by atoms with E-state index in [0.29, 0.717) is 43.2 Å². The van der Waals surface area contributed by atoms with Gasteiger partial charge in [0.15, 0.2) is 6.23 Å². The lowest BCUT2D eigenvalue weighted by Crippen LogP contribution is -2.51. The first-order valence-electron chi connectivity index (χ1n) is 12.1. The molecule has 2 aromatic carbocycles. The molecule has 2 aliphatic heterocycles. The first-order valence-corrected chi connectivity index (χ1v) is 12.1. The van der Waals surface area contributed by atoms with Gasteiger partial charge >= 0.3 is 0 Å². The van der Waals surface area contributed by atoms with Crippen LogP contribution in [0.15, 0.2) is 42.5 Å². The number of fused-ring (bicyclic) bond motifs is 2. The second kappa shape index (κ2) is 10.6. The number of aliphatic hydroxyl groups is 1. The first-order chi connectivity index (χ1) is 16.4. The van der Waals surface area contributed by atoms with E-state index in [1.807, 2.05) is 51.1 Å². The van der Waals surface area contributed by atoms with Gasteiger partial charge in [-0.2, -0.15) is 0 Å². The highest BCUT2D eigenvalue weighted by Gasteiger charge is 2.44. The van der Waals surface area contributed by atoms with Crippen LogP contribution in [0.1, 0.15) is 54.6 Å². The predicted molar refractivity (Wildman–Crippen MR) is 130 cm³/mol. The Bertz CT molecular complexity index is 1020. The highest BCUT2D eigenvalue weighted by Crippen LogP contribution is 2.38. The molecule has 0 spiro atoms. The third-order valence-corrected chi connectivity index (χ3v) is 6.42. The topological polar surface area (TPSA) is 79.3 Å². The Labute approximate surface area is 201 Å². The third-order valence-electron chi connectivity index (χ3n) is 6.42. The number of carbonyl (C=O) groups excluding carboxylic acids is 2. The number of anilines is 1. The number of aliphatic hydroxyl groups excluding tert-OH is 1. The summed E-state index contributed by atoms with van der Waals surface area (Å²) in [6.45, 7) is 7.51. The van der Waals surface area contributed by atoms with Crippen LogP contribution in [0.4, 0.5) is 5.69 Å². The van der Waals surface area contributed by atoms with Crippen LogP contribution in [0, 0.1) is 6.92 Å². The zero-order valence-corrected chi connectivity index (χ0v) is 20.2. The molecular formula is C27H34N2O5. The molecule has 0 bridgehead atoms. The summed E-state index contributed by atoms with van der Waals surface area (Å²) in [5, 5.41) is 11.3. The molecule has 7 heteroatoms. The van der Waals surface area contributed by atoms with Gasteiger partial charge in [-0.1, -0.05) is 30.3 Å². The molecule has 0 aromatic heterocycles. The van der Waals surface area contributed by atoms with Gasteiger partial charge in [-0.15, -0.1) is 0 Å². The number of hydrogen-bond donors (Lipinski definition) is 1. The summed E-state index contributed by atoms with van der Waals surface area (Å²) >= 11 is 0. The van der Waals surface area contributed by atoms with Crippen molar-refractivity contribution < 1.29 is 24.2 Å². The third kappa shape index (κ3) is 5.10. The number of ether oxygens (including phenoxy) is 2. The van der Waals surface area contributed by atoms with Gasteiger partial charge in [0.2, 0.25) is 5.91 Å². The second-order valence-electron chi connectivity index (χ2n) is 9.30. The fourth-order valence-electron chi connectivity index (χ4n) is 4.72. The minimum atomic E-state index is -1.11. The van der Waals surface area contributed by atoms with Gasteiger partial charge in [-0.25, -0.2) is 0 Å². The Hall–Kier alpha value is -2.90. The molecule has 4 rings (SSSR count). The first kappa shape index (κ1) is 24.2. The molecule has 7 nitrogen and oxygen atoms in total. The molecule has 1 fully saturated rings. The van der Waals surface area contributed by atoms with Crippen molar-refractivity contribution in [1.82, 2.24) is 4.90 Å². The van der Waals surface area contributed by atoms with Crippen molar-refractivity contribution >= 4 is 17.5 Å². The lowest BCUT2D eigenvalue weighted by molar-refractivity contribution is -0.120. The lowest BCUT2D eigenvalue weighted by Gasteiger charge is -2.32. The molecule has 2 atom stereocenters. The second-order valence-corrected chi connectivity index (χ2v) is 9.30. The average molecular weight is 467 g/mol. The minimum absolute atomic E-state index is 0.134. The summed E-state index contributed by atoms with van der Waals surface area (Å²) in [4.78, 5) is 30.1. The van der Waals surface area contributed by atoms with Gasteiger partial charge in [-0.05, 0) is 50.8 Å². The van der Waals surface area contributed by atoms with Gasteiger partial charge in [0.1, 0.15) is 5.75 Å². The van der Waals surface area contributed by atoms with Crippen LogP contribution in [0.25, 0.3) is 0 Å². The zero-order valence-electron chi connectivity index (χ0n) is 20.2. The van der Waals surface area contributed by atoms with Crippen LogP contribution in [0.3, 0.4) is 0 Å². The van der Waals surface area contributed by atoms with E-state index >= 15 is 0 Å². The van der Waals surface area contributed by atoms with E-state index in [1.165, 1.54) is 4.90 Å². The standard InChI is InChI=1S/C27H34N2O5/c1-18(2)33-13-8-14-34-24-17-23-21(15-19(24)3)26(31)28-12-7-11-22(28)27(32)29(23)25(30)16-20-9-5-4-6-10-20/h4-6,9-10,15,17-18,22,27,32H,7-8,11-14,16H2,1-3H3/t22-,27?/m0/s1. The van der Waals surface area contributed by atoms with E-state index in [2.05, 4.69) is 0 Å². The summed E-state index contributed by atoms with van der Waals surface area (Å²) in [5.74, 6) is 0.205. The molecular weight excluding hydrogens is 432 g/mol. The molecule has 0 radical (unpaired) electrons. The molecule has 2 aliphatic rings. The van der Waals surface area contributed by atoms with Crippen LogP contribution >= 0.6 is 0 Å². The van der Waals surface area contributed by atoms with Gasteiger partial charge in [0.25, 0.3) is 5.91 Å². The Balaban J connectivity index is 1.66. The lowest BCUT2D eigenvalue weighted by atomic mass is 10.0. The van der Waals surface area contributed by atoms with E-state index in [4.69, 9.17) is 9.47 Å². The fraction of sp³-hybridized carbons (Fsp3) is 0.481. The molecule has 34 heavy (non-hydrogen) atoms. The van der Waals surface area contributed by atoms with Crippen LogP contribution in [0.5, 0.6) is 5.75 Å². The van der Waals surface area contributed by atoms with Gasteiger partial charge in [0, 0.05) is 19.0 Å². The smallest absolute Gasteiger partial charge is 0.256 e. The molecule has 0 aliphatic carbocycles. The normalized spacial score (nSPS) is 19.7. The predicted octanol–water partition coefficient (Wildman–Crippen LogP) is 3.70. The summed E-state index contributed by atoms with van der Waals surface area (Å²) in [6.07, 6.45) is 1.38. The van der Waals surface area contributed by atoms with Crippen molar-refractivity contribution in [2.45, 2.75) is 64.8 Å². The maximum absolute atomic E-state index is 13.5. The van der Waals surface area contributed by atoms with E-state index in [9.17, 15) is 14.7 Å². The number of hydrogen-bond acceptors (Lipinski definition) is 5. The molecule has 1 saturated heterocycles.